The fourth-order valence-corrected chi connectivity index (χ4v) is 3.89. The van der Waals surface area contributed by atoms with E-state index in [9.17, 15) is 14.4 Å². The van der Waals surface area contributed by atoms with Gasteiger partial charge in [0.15, 0.2) is 0 Å². The third-order valence-electron chi connectivity index (χ3n) is 5.19. The van der Waals surface area contributed by atoms with Gasteiger partial charge in [-0.1, -0.05) is 6.92 Å². The number of piperidine rings is 2. The molecule has 2 rings (SSSR count). The predicted octanol–water partition coefficient (Wildman–Crippen LogP) is 2.27. The number of amides is 2. The number of carbonyl (C=O) groups excluding carboxylic acids is 2. The van der Waals surface area contributed by atoms with Gasteiger partial charge in [0.1, 0.15) is 0 Å². The molecule has 0 spiro atoms. The summed E-state index contributed by atoms with van der Waals surface area (Å²) in [6.45, 7) is 4.00. The van der Waals surface area contributed by atoms with Gasteiger partial charge in [0.05, 0.1) is 5.92 Å². The summed E-state index contributed by atoms with van der Waals surface area (Å²) in [4.78, 5) is 39.7. The van der Waals surface area contributed by atoms with Crippen LogP contribution in [0.4, 0.5) is 0 Å². The number of aliphatic carboxylic acids is 1. The first-order valence-corrected chi connectivity index (χ1v) is 9.33. The largest absolute Gasteiger partial charge is 0.481 e. The summed E-state index contributed by atoms with van der Waals surface area (Å²) in [7, 11) is 0. The lowest BCUT2D eigenvalue weighted by atomic mass is 9.92. The van der Waals surface area contributed by atoms with Crippen molar-refractivity contribution >= 4 is 17.8 Å². The molecule has 2 fully saturated rings. The van der Waals surface area contributed by atoms with Crippen molar-refractivity contribution in [2.24, 2.45) is 5.92 Å². The molecule has 2 atom stereocenters. The van der Waals surface area contributed by atoms with E-state index in [0.29, 0.717) is 19.4 Å². The minimum atomic E-state index is -0.804. The molecule has 2 aliphatic rings. The summed E-state index contributed by atoms with van der Waals surface area (Å²) < 4.78 is 0. The lowest BCUT2D eigenvalue weighted by molar-refractivity contribution is -0.145. The average molecular weight is 338 g/mol. The zero-order valence-electron chi connectivity index (χ0n) is 14.7. The Labute approximate surface area is 144 Å². The van der Waals surface area contributed by atoms with E-state index in [1.54, 1.807) is 0 Å². The number of carboxylic acids is 1. The van der Waals surface area contributed by atoms with Crippen molar-refractivity contribution in [3.8, 4) is 0 Å². The molecule has 6 nitrogen and oxygen atoms in total. The van der Waals surface area contributed by atoms with Crippen LogP contribution in [0.25, 0.3) is 0 Å². The molecule has 24 heavy (non-hydrogen) atoms. The van der Waals surface area contributed by atoms with Crippen molar-refractivity contribution in [2.75, 3.05) is 19.6 Å². The second-order valence-corrected chi connectivity index (χ2v) is 7.04. The molecule has 0 aromatic carbocycles. The van der Waals surface area contributed by atoms with E-state index in [-0.39, 0.29) is 30.2 Å². The maximum Gasteiger partial charge on any atom is 0.303 e. The van der Waals surface area contributed by atoms with E-state index in [2.05, 4.69) is 0 Å². The molecule has 1 N–H and O–H groups in total. The van der Waals surface area contributed by atoms with E-state index < -0.39 is 5.97 Å². The van der Waals surface area contributed by atoms with E-state index in [4.69, 9.17) is 5.11 Å². The molecular weight excluding hydrogens is 308 g/mol. The van der Waals surface area contributed by atoms with Gasteiger partial charge in [-0.15, -0.1) is 0 Å². The van der Waals surface area contributed by atoms with E-state index in [1.807, 2.05) is 16.7 Å². The first kappa shape index (κ1) is 18.7. The fourth-order valence-electron chi connectivity index (χ4n) is 3.89. The zero-order chi connectivity index (χ0) is 17.5. The topological polar surface area (TPSA) is 77.9 Å². The van der Waals surface area contributed by atoms with Crippen molar-refractivity contribution in [1.29, 1.82) is 0 Å². The zero-order valence-corrected chi connectivity index (χ0v) is 14.7. The van der Waals surface area contributed by atoms with Crippen LogP contribution < -0.4 is 0 Å². The van der Waals surface area contributed by atoms with Crippen molar-refractivity contribution in [1.82, 2.24) is 9.80 Å². The van der Waals surface area contributed by atoms with Crippen molar-refractivity contribution < 1.29 is 19.5 Å². The molecule has 2 aliphatic heterocycles. The highest BCUT2D eigenvalue weighted by Crippen LogP contribution is 2.26. The summed E-state index contributed by atoms with van der Waals surface area (Å²) in [5, 5.41) is 8.92. The second kappa shape index (κ2) is 9.04. The highest BCUT2D eigenvalue weighted by molar-refractivity contribution is 5.82. The second-order valence-electron chi connectivity index (χ2n) is 7.04. The molecule has 6 heteroatoms. The number of carbonyl (C=O) groups is 3. The number of likely N-dealkylation sites (tertiary alicyclic amines) is 2. The van der Waals surface area contributed by atoms with E-state index in [1.165, 1.54) is 0 Å². The predicted molar refractivity (Wildman–Crippen MR) is 90.4 cm³/mol. The van der Waals surface area contributed by atoms with Crippen LogP contribution >= 0.6 is 0 Å². The monoisotopic (exact) mass is 338 g/mol. The minimum absolute atomic E-state index is 0.0454. The Morgan fingerprint density at radius 2 is 1.83 bits per heavy atom. The van der Waals surface area contributed by atoms with Gasteiger partial charge in [-0.2, -0.15) is 0 Å². The highest BCUT2D eigenvalue weighted by Gasteiger charge is 2.34. The molecule has 0 radical (unpaired) electrons. The van der Waals surface area contributed by atoms with Gasteiger partial charge in [-0.25, -0.2) is 0 Å². The Morgan fingerprint density at radius 1 is 1.04 bits per heavy atom. The van der Waals surface area contributed by atoms with Gasteiger partial charge in [-0.05, 0) is 44.9 Å². The van der Waals surface area contributed by atoms with Crippen molar-refractivity contribution in [3.05, 3.63) is 0 Å². The van der Waals surface area contributed by atoms with Gasteiger partial charge in [0.2, 0.25) is 11.8 Å². The Balaban J connectivity index is 1.97. The number of nitrogens with zero attached hydrogens (tertiary/aromatic N) is 2. The number of hydrogen-bond acceptors (Lipinski definition) is 3. The summed E-state index contributed by atoms with van der Waals surface area (Å²) >= 11 is 0. The van der Waals surface area contributed by atoms with E-state index >= 15 is 0 Å². The first-order chi connectivity index (χ1) is 11.5. The third-order valence-corrected chi connectivity index (χ3v) is 5.19. The quantitative estimate of drug-likeness (QED) is 0.806. The third kappa shape index (κ3) is 4.95. The Bertz CT molecular complexity index is 466. The lowest BCUT2D eigenvalue weighted by Gasteiger charge is -2.40. The van der Waals surface area contributed by atoms with E-state index in [0.717, 1.165) is 51.6 Å². The Kier molecular flexibility index (Phi) is 7.06. The van der Waals surface area contributed by atoms with Crippen LogP contribution in [0.1, 0.15) is 64.7 Å². The van der Waals surface area contributed by atoms with Crippen molar-refractivity contribution in [2.45, 2.75) is 70.8 Å². The Hall–Kier alpha value is -1.59. The van der Waals surface area contributed by atoms with Crippen LogP contribution in [0.15, 0.2) is 0 Å². The maximum absolute atomic E-state index is 13.0. The van der Waals surface area contributed by atoms with Crippen LogP contribution in [0, 0.1) is 5.92 Å². The van der Waals surface area contributed by atoms with Crippen LogP contribution in [0.5, 0.6) is 0 Å². The molecule has 136 valence electrons. The lowest BCUT2D eigenvalue weighted by Crippen LogP contribution is -2.51. The normalized spacial score (nSPS) is 24.7. The standard InChI is InChI=1S/C18H30N2O4/c1-2-6-16(21)19-11-5-7-14(13-19)18(24)20-12-4-3-8-15(20)9-10-17(22)23/h14-15H,2-13H2,1H3,(H,22,23). The first-order valence-electron chi connectivity index (χ1n) is 9.33. The molecule has 0 aliphatic carbocycles. The molecule has 2 amide bonds. The molecule has 0 bridgehead atoms. The molecule has 2 saturated heterocycles. The van der Waals surface area contributed by atoms with Gasteiger partial charge in [0.25, 0.3) is 0 Å². The molecule has 2 heterocycles. The summed E-state index contributed by atoms with van der Waals surface area (Å²) in [6, 6.07) is 0.0454. The van der Waals surface area contributed by atoms with Gasteiger partial charge < -0.3 is 14.9 Å². The number of hydrogen-bond donors (Lipinski definition) is 1. The minimum Gasteiger partial charge on any atom is -0.481 e. The molecule has 2 unspecified atom stereocenters. The summed E-state index contributed by atoms with van der Waals surface area (Å²) in [5.41, 5.74) is 0. The van der Waals surface area contributed by atoms with Crippen molar-refractivity contribution in [3.63, 3.8) is 0 Å². The fraction of sp³-hybridized carbons (Fsp3) is 0.833. The van der Waals surface area contributed by atoms with Gasteiger partial charge in [-0.3, -0.25) is 14.4 Å². The van der Waals surface area contributed by atoms with Crippen LogP contribution in [-0.2, 0) is 14.4 Å². The number of rotatable bonds is 6. The van der Waals surface area contributed by atoms with Gasteiger partial charge in [0, 0.05) is 38.5 Å². The smallest absolute Gasteiger partial charge is 0.303 e. The van der Waals surface area contributed by atoms with Crippen LogP contribution in [0.2, 0.25) is 0 Å². The molecule has 0 aromatic rings. The summed E-state index contributed by atoms with van der Waals surface area (Å²) in [5.74, 6) is -0.651. The molecule has 0 saturated carbocycles. The Morgan fingerprint density at radius 3 is 2.54 bits per heavy atom. The highest BCUT2D eigenvalue weighted by atomic mass is 16.4. The molecule has 0 aromatic heterocycles. The van der Waals surface area contributed by atoms with Crippen LogP contribution in [0.3, 0.4) is 0 Å². The summed E-state index contributed by atoms with van der Waals surface area (Å²) in [6.07, 6.45) is 6.66. The SMILES string of the molecule is CCCC(=O)N1CCCC(C(=O)N2CCCCC2CCC(=O)O)C1. The maximum atomic E-state index is 13.0. The number of carboxylic acid groups (broad SMARTS) is 1. The van der Waals surface area contributed by atoms with Crippen LogP contribution in [-0.4, -0.2) is 58.4 Å². The van der Waals surface area contributed by atoms with Gasteiger partial charge >= 0.3 is 5.97 Å². The average Bonchev–Trinajstić information content (AvgIpc) is 2.60. The molecular formula is C18H30N2O4.